The SMILES string of the molecule is Cc1cc(C)c(CNC(=O)c2cc(C3=CCN(C4CCNCC4)CC3)cc(NC3CCCC3)c2C=N)c(=O)[nH]1. The molecule has 1 aromatic heterocycles. The number of piperidine rings is 1. The van der Waals surface area contributed by atoms with Crippen LogP contribution in [0.2, 0.25) is 0 Å². The third-order valence-electron chi connectivity index (χ3n) is 8.64. The Morgan fingerprint density at radius 1 is 1.13 bits per heavy atom. The summed E-state index contributed by atoms with van der Waals surface area (Å²) in [5, 5.41) is 18.3. The summed E-state index contributed by atoms with van der Waals surface area (Å²) in [5.41, 5.74) is 6.26. The van der Waals surface area contributed by atoms with Crippen LogP contribution in [-0.2, 0) is 6.54 Å². The minimum Gasteiger partial charge on any atom is -0.382 e. The summed E-state index contributed by atoms with van der Waals surface area (Å²) in [6.45, 7) is 8.00. The number of anilines is 1. The molecule has 0 atom stereocenters. The van der Waals surface area contributed by atoms with E-state index in [-0.39, 0.29) is 18.0 Å². The predicted molar refractivity (Wildman–Crippen MR) is 158 cm³/mol. The molecule has 2 fully saturated rings. The highest BCUT2D eigenvalue weighted by Crippen LogP contribution is 2.32. The van der Waals surface area contributed by atoms with E-state index in [2.05, 4.69) is 38.0 Å². The van der Waals surface area contributed by atoms with E-state index in [9.17, 15) is 9.59 Å². The van der Waals surface area contributed by atoms with E-state index in [1.807, 2.05) is 26.0 Å². The smallest absolute Gasteiger partial charge is 0.253 e. The summed E-state index contributed by atoms with van der Waals surface area (Å²) < 4.78 is 0. The average molecular weight is 531 g/mol. The van der Waals surface area contributed by atoms with E-state index >= 15 is 0 Å². The van der Waals surface area contributed by atoms with Crippen molar-refractivity contribution in [2.75, 3.05) is 31.5 Å². The lowest BCUT2D eigenvalue weighted by molar-refractivity contribution is 0.0950. The number of carbonyl (C=O) groups is 1. The number of rotatable bonds is 8. The number of aromatic nitrogens is 1. The maximum atomic E-state index is 13.6. The minimum atomic E-state index is -0.267. The van der Waals surface area contributed by atoms with Crippen LogP contribution in [-0.4, -0.2) is 60.3 Å². The molecule has 0 radical (unpaired) electrons. The van der Waals surface area contributed by atoms with Gasteiger partial charge >= 0.3 is 0 Å². The van der Waals surface area contributed by atoms with Crippen molar-refractivity contribution in [3.63, 3.8) is 0 Å². The Kier molecular flexibility index (Phi) is 8.63. The Morgan fingerprint density at radius 2 is 1.90 bits per heavy atom. The van der Waals surface area contributed by atoms with Crippen LogP contribution in [0.4, 0.5) is 5.69 Å². The van der Waals surface area contributed by atoms with Crippen LogP contribution in [0, 0.1) is 19.3 Å². The molecular formula is C31H42N6O2. The van der Waals surface area contributed by atoms with Crippen molar-refractivity contribution in [1.29, 1.82) is 5.41 Å². The standard InChI is InChI=1S/C31H42N6O2/c1-20-15-21(2)35-31(39)28(20)19-34-30(38)26-16-23(17-29(27(26)18-32)36-24-5-3-4-6-24)22-9-13-37(14-10-22)25-7-11-33-12-8-25/h9,15-18,24-25,32-33,36H,3-8,10-14,19H2,1-2H3,(H,34,38)(H,35,39). The Labute approximate surface area is 231 Å². The second kappa shape index (κ2) is 12.3. The molecule has 1 aliphatic carbocycles. The summed E-state index contributed by atoms with van der Waals surface area (Å²) in [4.78, 5) is 31.5. The highest BCUT2D eigenvalue weighted by Gasteiger charge is 2.25. The molecule has 0 unspecified atom stereocenters. The molecule has 8 nitrogen and oxygen atoms in total. The average Bonchev–Trinajstić information content (AvgIpc) is 3.45. The van der Waals surface area contributed by atoms with E-state index < -0.39 is 0 Å². The third-order valence-corrected chi connectivity index (χ3v) is 8.64. The zero-order valence-corrected chi connectivity index (χ0v) is 23.3. The lowest BCUT2D eigenvalue weighted by atomic mass is 9.92. The molecule has 0 bridgehead atoms. The second-order valence-corrected chi connectivity index (χ2v) is 11.3. The van der Waals surface area contributed by atoms with Gasteiger partial charge in [0.15, 0.2) is 0 Å². The number of carbonyl (C=O) groups excluding carboxylic acids is 1. The van der Waals surface area contributed by atoms with Crippen LogP contribution in [0.1, 0.15) is 83.3 Å². The summed E-state index contributed by atoms with van der Waals surface area (Å²) in [7, 11) is 0. The Hall–Kier alpha value is -3.23. The van der Waals surface area contributed by atoms with Crippen molar-refractivity contribution in [1.82, 2.24) is 20.5 Å². The van der Waals surface area contributed by atoms with Gasteiger partial charge in [-0.3, -0.25) is 14.5 Å². The van der Waals surface area contributed by atoms with Crippen molar-refractivity contribution in [3.05, 3.63) is 68.1 Å². The maximum absolute atomic E-state index is 13.6. The van der Waals surface area contributed by atoms with Gasteiger partial charge in [-0.15, -0.1) is 0 Å². The van der Waals surface area contributed by atoms with E-state index in [0.29, 0.717) is 28.8 Å². The first-order valence-corrected chi connectivity index (χ1v) is 14.5. The Balaban J connectivity index is 1.42. The normalized spacial score (nSPS) is 19.1. The van der Waals surface area contributed by atoms with Gasteiger partial charge in [0.1, 0.15) is 0 Å². The molecule has 1 amide bonds. The summed E-state index contributed by atoms with van der Waals surface area (Å²) in [6.07, 6.45) is 11.5. The molecule has 5 N–H and O–H groups in total. The third kappa shape index (κ3) is 6.34. The van der Waals surface area contributed by atoms with Crippen molar-refractivity contribution in [2.45, 2.75) is 77.4 Å². The zero-order valence-electron chi connectivity index (χ0n) is 23.3. The largest absolute Gasteiger partial charge is 0.382 e. The Bertz CT molecular complexity index is 1300. The van der Waals surface area contributed by atoms with Gasteiger partial charge in [0, 0.05) is 60.4 Å². The lowest BCUT2D eigenvalue weighted by Gasteiger charge is -2.36. The fourth-order valence-corrected chi connectivity index (χ4v) is 6.41. The van der Waals surface area contributed by atoms with Crippen molar-refractivity contribution >= 4 is 23.4 Å². The fraction of sp³-hybridized carbons (Fsp3) is 0.516. The van der Waals surface area contributed by atoms with E-state index in [1.54, 1.807) is 0 Å². The van der Waals surface area contributed by atoms with Crippen molar-refractivity contribution < 1.29 is 4.79 Å². The fourth-order valence-electron chi connectivity index (χ4n) is 6.41. The zero-order chi connectivity index (χ0) is 27.4. The first-order chi connectivity index (χ1) is 18.9. The predicted octanol–water partition coefficient (Wildman–Crippen LogP) is 4.12. The van der Waals surface area contributed by atoms with Crippen molar-refractivity contribution in [2.24, 2.45) is 0 Å². The number of hydrogen-bond acceptors (Lipinski definition) is 6. The monoisotopic (exact) mass is 530 g/mol. The number of amides is 1. The first kappa shape index (κ1) is 27.3. The number of aromatic amines is 1. The topological polar surface area (TPSA) is 113 Å². The van der Waals surface area contributed by atoms with Crippen LogP contribution < -0.4 is 21.5 Å². The molecule has 2 aliphatic heterocycles. The molecule has 3 aliphatic rings. The molecular weight excluding hydrogens is 488 g/mol. The van der Waals surface area contributed by atoms with Crippen molar-refractivity contribution in [3.8, 4) is 0 Å². The first-order valence-electron chi connectivity index (χ1n) is 14.5. The molecule has 1 aromatic carbocycles. The van der Waals surface area contributed by atoms with Gasteiger partial charge in [-0.1, -0.05) is 18.9 Å². The molecule has 2 aromatic rings. The van der Waals surface area contributed by atoms with E-state index in [4.69, 9.17) is 5.41 Å². The minimum absolute atomic E-state index is 0.140. The number of nitrogens with zero attached hydrogens (tertiary/aromatic N) is 1. The molecule has 1 saturated carbocycles. The molecule has 8 heteroatoms. The van der Waals surface area contributed by atoms with Crippen LogP contribution in [0.3, 0.4) is 0 Å². The molecule has 1 saturated heterocycles. The number of hydrogen-bond donors (Lipinski definition) is 5. The van der Waals surface area contributed by atoms with Gasteiger partial charge in [0.25, 0.3) is 11.5 Å². The van der Waals surface area contributed by atoms with E-state index in [0.717, 1.165) is 67.9 Å². The summed E-state index contributed by atoms with van der Waals surface area (Å²) in [6, 6.07) is 6.99. The van der Waals surface area contributed by atoms with Crippen LogP contribution >= 0.6 is 0 Å². The Morgan fingerprint density at radius 3 is 2.56 bits per heavy atom. The molecule has 0 spiro atoms. The second-order valence-electron chi connectivity index (χ2n) is 11.3. The molecule has 5 rings (SSSR count). The van der Waals surface area contributed by atoms with Gasteiger partial charge in [0.2, 0.25) is 0 Å². The lowest BCUT2D eigenvalue weighted by Crippen LogP contribution is -2.44. The molecule has 39 heavy (non-hydrogen) atoms. The van der Waals surface area contributed by atoms with Gasteiger partial charge in [-0.05, 0) is 93.9 Å². The highest BCUT2D eigenvalue weighted by atomic mass is 16.1. The number of aryl methyl sites for hydroxylation is 2. The summed E-state index contributed by atoms with van der Waals surface area (Å²) >= 11 is 0. The number of nitrogens with one attached hydrogen (secondary N) is 5. The number of pyridine rings is 1. The van der Waals surface area contributed by atoms with Crippen LogP contribution in [0.5, 0.6) is 0 Å². The maximum Gasteiger partial charge on any atom is 0.253 e. The van der Waals surface area contributed by atoms with Gasteiger partial charge in [-0.2, -0.15) is 0 Å². The highest BCUT2D eigenvalue weighted by molar-refractivity contribution is 6.06. The molecule has 3 heterocycles. The quantitative estimate of drug-likeness (QED) is 0.330. The van der Waals surface area contributed by atoms with Gasteiger partial charge in [0.05, 0.1) is 5.56 Å². The summed E-state index contributed by atoms with van der Waals surface area (Å²) in [5.74, 6) is -0.267. The van der Waals surface area contributed by atoms with Crippen LogP contribution in [0.25, 0.3) is 5.57 Å². The van der Waals surface area contributed by atoms with E-state index in [1.165, 1.54) is 37.5 Å². The van der Waals surface area contributed by atoms with Gasteiger partial charge < -0.3 is 26.3 Å². The number of H-pyrrole nitrogens is 1. The van der Waals surface area contributed by atoms with Crippen LogP contribution in [0.15, 0.2) is 29.1 Å². The molecule has 208 valence electrons. The number of benzene rings is 1. The van der Waals surface area contributed by atoms with Gasteiger partial charge in [-0.25, -0.2) is 0 Å².